The number of anilines is 1. The van der Waals surface area contributed by atoms with Gasteiger partial charge in [0.05, 0.1) is 29.3 Å². The van der Waals surface area contributed by atoms with Crippen LogP contribution in [0.3, 0.4) is 0 Å². The van der Waals surface area contributed by atoms with Gasteiger partial charge in [-0.1, -0.05) is 12.1 Å². The summed E-state index contributed by atoms with van der Waals surface area (Å²) in [4.78, 5) is 42.5. The Labute approximate surface area is 161 Å². The van der Waals surface area contributed by atoms with Gasteiger partial charge in [0.15, 0.2) is 0 Å². The molecule has 2 unspecified atom stereocenters. The number of para-hydroxylation sites is 1. The first-order valence-corrected chi connectivity index (χ1v) is 9.39. The molecule has 8 nitrogen and oxygen atoms in total. The van der Waals surface area contributed by atoms with Gasteiger partial charge in [-0.05, 0) is 25.5 Å². The summed E-state index contributed by atoms with van der Waals surface area (Å²) < 4.78 is 1.41. The number of aromatic nitrogens is 4. The van der Waals surface area contributed by atoms with Gasteiger partial charge in [-0.25, -0.2) is 15.0 Å². The molecule has 0 N–H and O–H groups in total. The van der Waals surface area contributed by atoms with E-state index in [-0.39, 0.29) is 30.1 Å². The van der Waals surface area contributed by atoms with Gasteiger partial charge in [0.1, 0.15) is 18.7 Å². The van der Waals surface area contributed by atoms with E-state index >= 15 is 0 Å². The second-order valence-corrected chi connectivity index (χ2v) is 7.46. The van der Waals surface area contributed by atoms with Gasteiger partial charge >= 0.3 is 0 Å². The second kappa shape index (κ2) is 6.40. The molecule has 142 valence electrons. The Morgan fingerprint density at radius 1 is 1.14 bits per heavy atom. The highest BCUT2D eigenvalue weighted by Gasteiger charge is 2.47. The fourth-order valence-electron chi connectivity index (χ4n) is 4.26. The Morgan fingerprint density at radius 2 is 1.93 bits per heavy atom. The lowest BCUT2D eigenvalue weighted by Gasteiger charge is -2.56. The first kappa shape index (κ1) is 16.9. The Kier molecular flexibility index (Phi) is 3.85. The van der Waals surface area contributed by atoms with Crippen LogP contribution in [0.25, 0.3) is 10.9 Å². The molecule has 2 aromatic heterocycles. The number of fused-ring (bicyclic) bond motifs is 3. The van der Waals surface area contributed by atoms with E-state index < -0.39 is 0 Å². The fraction of sp³-hybridized carbons (Fsp3) is 0.350. The summed E-state index contributed by atoms with van der Waals surface area (Å²) in [6.07, 6.45) is 4.04. The molecule has 3 fully saturated rings. The molecule has 0 spiro atoms. The van der Waals surface area contributed by atoms with Crippen LogP contribution in [0.1, 0.15) is 12.1 Å². The molecule has 3 aromatic rings. The standard InChI is InChI=1S/C20H20N6O2/c1-13-6-18(22-11-21-13)24-8-14-7-15(9-24)26(14)19(27)10-25-12-23-17-5-3-2-4-16(17)20(25)28/h2-6,11-12,14-15H,7-10H2,1H3. The Hall–Kier alpha value is -3.29. The van der Waals surface area contributed by atoms with Gasteiger partial charge in [0.25, 0.3) is 5.56 Å². The third-order valence-corrected chi connectivity index (χ3v) is 5.63. The predicted molar refractivity (Wildman–Crippen MR) is 104 cm³/mol. The van der Waals surface area contributed by atoms with Crippen LogP contribution in [0.2, 0.25) is 0 Å². The SMILES string of the molecule is Cc1cc(N2CC3CC(C2)N3C(=O)Cn2cnc3ccccc3c2=O)ncn1. The molecule has 28 heavy (non-hydrogen) atoms. The van der Waals surface area contributed by atoms with Gasteiger partial charge in [-0.3, -0.25) is 14.2 Å². The van der Waals surface area contributed by atoms with E-state index in [1.807, 2.05) is 24.0 Å². The molecule has 5 heterocycles. The fourth-order valence-corrected chi connectivity index (χ4v) is 4.26. The quantitative estimate of drug-likeness (QED) is 0.678. The molecule has 1 amide bonds. The Balaban J connectivity index is 1.32. The molecular formula is C20H20N6O2. The van der Waals surface area contributed by atoms with Crippen LogP contribution in [-0.4, -0.2) is 55.5 Å². The molecule has 6 rings (SSSR count). The lowest BCUT2D eigenvalue weighted by atomic mass is 9.87. The minimum Gasteiger partial charge on any atom is -0.352 e. The van der Waals surface area contributed by atoms with Crippen LogP contribution in [-0.2, 0) is 11.3 Å². The average molecular weight is 376 g/mol. The van der Waals surface area contributed by atoms with Crippen molar-refractivity contribution in [3.05, 3.63) is 59.0 Å². The van der Waals surface area contributed by atoms with Crippen LogP contribution in [0.4, 0.5) is 5.82 Å². The third-order valence-electron chi connectivity index (χ3n) is 5.63. The number of carbonyl (C=O) groups is 1. The topological polar surface area (TPSA) is 84.2 Å². The van der Waals surface area contributed by atoms with Crippen molar-refractivity contribution in [1.82, 2.24) is 24.4 Å². The molecule has 0 saturated carbocycles. The number of piperazine rings is 1. The molecule has 0 radical (unpaired) electrons. The third kappa shape index (κ3) is 2.72. The highest BCUT2D eigenvalue weighted by atomic mass is 16.2. The number of hydrogen-bond acceptors (Lipinski definition) is 6. The zero-order valence-electron chi connectivity index (χ0n) is 15.5. The van der Waals surface area contributed by atoms with Gasteiger partial charge in [0.2, 0.25) is 5.91 Å². The molecule has 1 aromatic carbocycles. The maximum atomic E-state index is 12.9. The first-order valence-electron chi connectivity index (χ1n) is 9.39. The number of piperidine rings is 1. The highest BCUT2D eigenvalue weighted by Crippen LogP contribution is 2.34. The number of hydrogen-bond donors (Lipinski definition) is 0. The maximum Gasteiger partial charge on any atom is 0.261 e. The minimum atomic E-state index is -0.178. The predicted octanol–water partition coefficient (Wildman–Crippen LogP) is 0.985. The van der Waals surface area contributed by atoms with Crippen molar-refractivity contribution in [2.24, 2.45) is 0 Å². The van der Waals surface area contributed by atoms with Crippen molar-refractivity contribution in [3.63, 3.8) is 0 Å². The van der Waals surface area contributed by atoms with Crippen molar-refractivity contribution in [3.8, 4) is 0 Å². The molecule has 3 aliphatic heterocycles. The van der Waals surface area contributed by atoms with Crippen molar-refractivity contribution in [1.29, 1.82) is 0 Å². The summed E-state index contributed by atoms with van der Waals surface area (Å²) in [6.45, 7) is 3.48. The second-order valence-electron chi connectivity index (χ2n) is 7.46. The number of rotatable bonds is 3. The Morgan fingerprint density at radius 3 is 2.71 bits per heavy atom. The number of benzene rings is 1. The van der Waals surface area contributed by atoms with Crippen LogP contribution >= 0.6 is 0 Å². The number of nitrogens with zero attached hydrogens (tertiary/aromatic N) is 6. The lowest BCUT2D eigenvalue weighted by Crippen LogP contribution is -2.70. The van der Waals surface area contributed by atoms with Crippen LogP contribution in [0.5, 0.6) is 0 Å². The summed E-state index contributed by atoms with van der Waals surface area (Å²) in [5.74, 6) is 0.878. The molecule has 2 bridgehead atoms. The van der Waals surface area contributed by atoms with Crippen molar-refractivity contribution in [2.45, 2.75) is 32.0 Å². The van der Waals surface area contributed by atoms with E-state index in [0.29, 0.717) is 10.9 Å². The average Bonchev–Trinajstić information content (AvgIpc) is 2.70. The van der Waals surface area contributed by atoms with E-state index in [0.717, 1.165) is 31.0 Å². The molecule has 8 heteroatoms. The minimum absolute atomic E-state index is 0.0241. The summed E-state index contributed by atoms with van der Waals surface area (Å²) in [5, 5.41) is 0.534. The smallest absolute Gasteiger partial charge is 0.261 e. The zero-order valence-corrected chi connectivity index (χ0v) is 15.5. The van der Waals surface area contributed by atoms with Gasteiger partial charge in [0, 0.05) is 24.8 Å². The molecular weight excluding hydrogens is 356 g/mol. The van der Waals surface area contributed by atoms with Gasteiger partial charge in [-0.15, -0.1) is 0 Å². The molecule has 2 atom stereocenters. The van der Waals surface area contributed by atoms with E-state index in [1.165, 1.54) is 10.9 Å². The highest BCUT2D eigenvalue weighted by molar-refractivity contribution is 5.80. The van der Waals surface area contributed by atoms with Crippen LogP contribution in [0, 0.1) is 6.92 Å². The van der Waals surface area contributed by atoms with E-state index in [4.69, 9.17) is 0 Å². The Bertz CT molecular complexity index is 1110. The first-order chi connectivity index (χ1) is 13.6. The van der Waals surface area contributed by atoms with Gasteiger partial charge in [-0.2, -0.15) is 0 Å². The van der Waals surface area contributed by atoms with Crippen molar-refractivity contribution >= 4 is 22.6 Å². The zero-order chi connectivity index (χ0) is 19.3. The molecule has 0 aliphatic carbocycles. The lowest BCUT2D eigenvalue weighted by molar-refractivity contribution is -0.146. The summed E-state index contributed by atoms with van der Waals surface area (Å²) in [6, 6.07) is 9.47. The number of amides is 1. The summed E-state index contributed by atoms with van der Waals surface area (Å²) in [7, 11) is 0. The van der Waals surface area contributed by atoms with E-state index in [1.54, 1.807) is 24.5 Å². The monoisotopic (exact) mass is 376 g/mol. The van der Waals surface area contributed by atoms with E-state index in [9.17, 15) is 9.59 Å². The summed E-state index contributed by atoms with van der Waals surface area (Å²) >= 11 is 0. The largest absolute Gasteiger partial charge is 0.352 e. The maximum absolute atomic E-state index is 12.9. The van der Waals surface area contributed by atoms with Crippen LogP contribution in [0.15, 0.2) is 47.8 Å². The van der Waals surface area contributed by atoms with E-state index in [2.05, 4.69) is 19.9 Å². The molecule has 3 saturated heterocycles. The number of aryl methyl sites for hydroxylation is 1. The van der Waals surface area contributed by atoms with Crippen molar-refractivity contribution in [2.75, 3.05) is 18.0 Å². The molecule has 3 aliphatic rings. The number of carbonyl (C=O) groups excluding carboxylic acids is 1. The van der Waals surface area contributed by atoms with Gasteiger partial charge < -0.3 is 9.80 Å². The van der Waals surface area contributed by atoms with Crippen LogP contribution < -0.4 is 10.5 Å². The van der Waals surface area contributed by atoms with Crippen molar-refractivity contribution < 1.29 is 4.79 Å². The summed E-state index contributed by atoms with van der Waals surface area (Å²) in [5.41, 5.74) is 1.40. The normalized spacial score (nSPS) is 20.9.